The number of piperidine rings is 1. The van der Waals surface area contributed by atoms with Crippen molar-refractivity contribution in [2.45, 2.75) is 37.6 Å². The zero-order valence-electron chi connectivity index (χ0n) is 19.2. The predicted molar refractivity (Wildman–Crippen MR) is 129 cm³/mol. The number of methoxy groups -OCH3 is 2. The number of hydrogen-bond acceptors (Lipinski definition) is 8. The van der Waals surface area contributed by atoms with Gasteiger partial charge in [-0.2, -0.15) is 4.31 Å². The first-order chi connectivity index (χ1) is 16.3. The second-order valence-corrected chi connectivity index (χ2v) is 11.0. The number of fused-ring (bicyclic) bond motifs is 1. The number of thiophene rings is 1. The molecule has 3 heterocycles. The van der Waals surface area contributed by atoms with Gasteiger partial charge >= 0.3 is 0 Å². The van der Waals surface area contributed by atoms with Crippen molar-refractivity contribution in [2.24, 2.45) is 0 Å². The quantitative estimate of drug-likeness (QED) is 0.523. The van der Waals surface area contributed by atoms with Crippen molar-refractivity contribution in [3.8, 4) is 11.5 Å². The first-order valence-electron chi connectivity index (χ1n) is 10.8. The minimum Gasteiger partial charge on any atom is -0.497 e. The van der Waals surface area contributed by atoms with Gasteiger partial charge in [-0.3, -0.25) is 14.2 Å². The Balaban J connectivity index is 1.66. The smallest absolute Gasteiger partial charge is 0.263 e. The monoisotopic (exact) mass is 506 g/mol. The summed E-state index contributed by atoms with van der Waals surface area (Å²) >= 11 is 1.16. The number of anilines is 1. The lowest BCUT2D eigenvalue weighted by atomic mass is 10.2. The number of ether oxygens (including phenoxy) is 2. The van der Waals surface area contributed by atoms with Crippen molar-refractivity contribution < 1.29 is 22.7 Å². The van der Waals surface area contributed by atoms with E-state index in [4.69, 9.17) is 9.47 Å². The summed E-state index contributed by atoms with van der Waals surface area (Å²) in [6.07, 6.45) is 3.83. The molecule has 10 nitrogen and oxygen atoms in total. The van der Waals surface area contributed by atoms with Crippen molar-refractivity contribution in [2.75, 3.05) is 32.6 Å². The molecular weight excluding hydrogens is 480 g/mol. The Bertz CT molecular complexity index is 1390. The van der Waals surface area contributed by atoms with E-state index in [9.17, 15) is 18.0 Å². The van der Waals surface area contributed by atoms with Gasteiger partial charge in [-0.1, -0.05) is 6.42 Å². The van der Waals surface area contributed by atoms with E-state index in [-0.39, 0.29) is 16.8 Å². The summed E-state index contributed by atoms with van der Waals surface area (Å²) in [5, 5.41) is 2.74. The first kappa shape index (κ1) is 24.2. The summed E-state index contributed by atoms with van der Waals surface area (Å²) in [4.78, 5) is 31.2. The molecule has 1 aliphatic rings. The third-order valence-corrected chi connectivity index (χ3v) is 8.92. The normalized spacial score (nSPS) is 14.8. The summed E-state index contributed by atoms with van der Waals surface area (Å²) in [6, 6.07) is 4.93. The van der Waals surface area contributed by atoms with Crippen LogP contribution in [0.15, 0.2) is 34.2 Å². The summed E-state index contributed by atoms with van der Waals surface area (Å²) < 4.78 is 39.8. The third-order valence-electron chi connectivity index (χ3n) is 5.71. The van der Waals surface area contributed by atoms with Crippen LogP contribution >= 0.6 is 11.3 Å². The summed E-state index contributed by atoms with van der Waals surface area (Å²) in [7, 11) is -0.856. The number of benzene rings is 1. The topological polar surface area (TPSA) is 120 Å². The number of amides is 1. The fraction of sp³-hybridized carbons (Fsp3) is 0.409. The highest BCUT2D eigenvalue weighted by atomic mass is 32.2. The van der Waals surface area contributed by atoms with Gasteiger partial charge in [-0.15, -0.1) is 11.3 Å². The van der Waals surface area contributed by atoms with Gasteiger partial charge < -0.3 is 14.8 Å². The second kappa shape index (κ2) is 9.72. The average molecular weight is 507 g/mol. The maximum absolute atomic E-state index is 13.4. The van der Waals surface area contributed by atoms with Crippen LogP contribution in [0, 0.1) is 6.92 Å². The van der Waals surface area contributed by atoms with Crippen LogP contribution in [0.25, 0.3) is 10.2 Å². The molecule has 1 N–H and O–H groups in total. The second-order valence-electron chi connectivity index (χ2n) is 7.92. The van der Waals surface area contributed by atoms with Crippen LogP contribution in [0.3, 0.4) is 0 Å². The summed E-state index contributed by atoms with van der Waals surface area (Å²) in [6.45, 7) is 2.20. The SMILES string of the molecule is COc1ccc(NC(=O)Cn2cnc3sc(C)c(S(=O)(=O)N4CCCCC4)c3c2=O)c(OC)c1. The zero-order valence-corrected chi connectivity index (χ0v) is 20.8. The number of rotatable bonds is 7. The Morgan fingerprint density at radius 3 is 2.59 bits per heavy atom. The molecule has 4 rings (SSSR count). The molecule has 0 spiro atoms. The molecule has 1 fully saturated rings. The first-order valence-corrected chi connectivity index (χ1v) is 13.0. The zero-order chi connectivity index (χ0) is 24.5. The Hall–Kier alpha value is -2.96. The largest absolute Gasteiger partial charge is 0.497 e. The van der Waals surface area contributed by atoms with Crippen LogP contribution < -0.4 is 20.3 Å². The van der Waals surface area contributed by atoms with E-state index < -0.39 is 21.5 Å². The number of carbonyl (C=O) groups is 1. The van der Waals surface area contributed by atoms with Crippen LogP contribution in [0.1, 0.15) is 24.1 Å². The number of aromatic nitrogens is 2. The highest BCUT2D eigenvalue weighted by molar-refractivity contribution is 7.89. The number of hydrogen-bond donors (Lipinski definition) is 1. The van der Waals surface area contributed by atoms with E-state index in [0.29, 0.717) is 40.0 Å². The lowest BCUT2D eigenvalue weighted by Gasteiger charge is -2.25. The maximum Gasteiger partial charge on any atom is 0.263 e. The fourth-order valence-corrected chi connectivity index (χ4v) is 7.20. The Morgan fingerprint density at radius 1 is 1.18 bits per heavy atom. The van der Waals surface area contributed by atoms with Gasteiger partial charge in [0.25, 0.3) is 5.56 Å². The lowest BCUT2D eigenvalue weighted by molar-refractivity contribution is -0.116. The van der Waals surface area contributed by atoms with E-state index in [1.54, 1.807) is 25.1 Å². The van der Waals surface area contributed by atoms with Crippen molar-refractivity contribution in [3.63, 3.8) is 0 Å². The molecule has 1 saturated heterocycles. The molecule has 34 heavy (non-hydrogen) atoms. The molecule has 12 heteroatoms. The van der Waals surface area contributed by atoms with E-state index in [2.05, 4.69) is 10.3 Å². The molecule has 2 aromatic heterocycles. The summed E-state index contributed by atoms with van der Waals surface area (Å²) in [5.41, 5.74) is -0.156. The molecule has 0 saturated carbocycles. The van der Waals surface area contributed by atoms with Crippen molar-refractivity contribution in [1.29, 1.82) is 0 Å². The van der Waals surface area contributed by atoms with Gasteiger partial charge in [-0.05, 0) is 31.9 Å². The number of nitrogens with one attached hydrogen (secondary N) is 1. The predicted octanol–water partition coefficient (Wildman–Crippen LogP) is 2.60. The maximum atomic E-state index is 13.4. The van der Waals surface area contributed by atoms with E-state index >= 15 is 0 Å². The van der Waals surface area contributed by atoms with Crippen LogP contribution in [0.4, 0.5) is 5.69 Å². The van der Waals surface area contributed by atoms with Crippen LogP contribution in [0.2, 0.25) is 0 Å². The molecule has 0 radical (unpaired) electrons. The number of carbonyl (C=O) groups excluding carboxylic acids is 1. The third kappa shape index (κ3) is 4.52. The number of aryl methyl sites for hydroxylation is 1. The Morgan fingerprint density at radius 2 is 1.91 bits per heavy atom. The molecule has 0 unspecified atom stereocenters. The van der Waals surface area contributed by atoms with E-state index in [1.165, 1.54) is 24.9 Å². The molecule has 1 aromatic carbocycles. The van der Waals surface area contributed by atoms with Gasteiger partial charge in [0.15, 0.2) is 0 Å². The Kier molecular flexibility index (Phi) is 6.91. The van der Waals surface area contributed by atoms with Crippen molar-refractivity contribution in [1.82, 2.24) is 13.9 Å². The van der Waals surface area contributed by atoms with Crippen LogP contribution in [-0.2, 0) is 21.4 Å². The fourth-order valence-electron chi connectivity index (χ4n) is 4.02. The minimum atomic E-state index is -3.85. The Labute approximate surface area is 201 Å². The highest BCUT2D eigenvalue weighted by Gasteiger charge is 2.32. The molecular formula is C22H26N4O6S2. The van der Waals surface area contributed by atoms with Gasteiger partial charge in [0.05, 0.1) is 31.6 Å². The van der Waals surface area contributed by atoms with Gasteiger partial charge in [-0.25, -0.2) is 13.4 Å². The van der Waals surface area contributed by atoms with Crippen molar-refractivity contribution >= 4 is 43.2 Å². The molecule has 3 aromatic rings. The average Bonchev–Trinajstić information content (AvgIpc) is 3.19. The van der Waals surface area contributed by atoms with Crippen molar-refractivity contribution in [3.05, 3.63) is 39.8 Å². The molecule has 0 aliphatic carbocycles. The number of sulfonamides is 1. The molecule has 0 bridgehead atoms. The van der Waals surface area contributed by atoms with Gasteiger partial charge in [0, 0.05) is 24.0 Å². The highest BCUT2D eigenvalue weighted by Crippen LogP contribution is 2.34. The van der Waals surface area contributed by atoms with Crippen LogP contribution in [-0.4, -0.2) is 55.5 Å². The molecule has 182 valence electrons. The van der Waals surface area contributed by atoms with E-state index in [1.807, 2.05) is 0 Å². The summed E-state index contributed by atoms with van der Waals surface area (Å²) in [5.74, 6) is 0.479. The minimum absolute atomic E-state index is 0.00141. The molecule has 0 atom stereocenters. The number of nitrogens with zero attached hydrogens (tertiary/aromatic N) is 3. The van der Waals surface area contributed by atoms with Gasteiger partial charge in [0.1, 0.15) is 27.8 Å². The standard InChI is InChI=1S/C22H26N4O6S2/c1-14-20(34(29,30)26-9-5-4-6-10-26)19-21(33-14)23-13-25(22(19)28)12-18(27)24-16-8-7-15(31-2)11-17(16)32-3/h7-8,11,13H,4-6,9-10,12H2,1-3H3,(H,24,27). The van der Waals surface area contributed by atoms with Gasteiger partial charge in [0.2, 0.25) is 15.9 Å². The lowest BCUT2D eigenvalue weighted by Crippen LogP contribution is -2.36. The van der Waals surface area contributed by atoms with E-state index in [0.717, 1.165) is 35.2 Å². The van der Waals surface area contributed by atoms with Crippen LogP contribution in [0.5, 0.6) is 11.5 Å². The molecule has 1 aliphatic heterocycles. The molecule has 1 amide bonds.